The van der Waals surface area contributed by atoms with Gasteiger partial charge in [-0.1, -0.05) is 6.07 Å². The molecule has 7 nitrogen and oxygen atoms in total. The monoisotopic (exact) mass is 456 g/mol. The number of anilines is 5. The van der Waals surface area contributed by atoms with Crippen molar-refractivity contribution in [3.63, 3.8) is 0 Å². The van der Waals surface area contributed by atoms with Crippen LogP contribution in [-0.2, 0) is 0 Å². The van der Waals surface area contributed by atoms with E-state index in [1.54, 1.807) is 36.8 Å². The molecule has 0 aliphatic carbocycles. The number of fused-ring (bicyclic) bond motifs is 1. The molecule has 168 valence electrons. The van der Waals surface area contributed by atoms with E-state index in [4.69, 9.17) is 0 Å². The summed E-state index contributed by atoms with van der Waals surface area (Å²) in [4.78, 5) is 21.2. The molecular formula is C28H20N6O. The second-order valence-corrected chi connectivity index (χ2v) is 7.80. The van der Waals surface area contributed by atoms with E-state index in [1.165, 1.54) is 0 Å². The summed E-state index contributed by atoms with van der Waals surface area (Å²) >= 11 is 0. The molecule has 0 bridgehead atoms. The smallest absolute Gasteiger partial charge is 0.255 e. The van der Waals surface area contributed by atoms with Crippen LogP contribution in [0, 0.1) is 11.3 Å². The second-order valence-electron chi connectivity index (χ2n) is 7.80. The molecule has 0 fully saturated rings. The summed E-state index contributed by atoms with van der Waals surface area (Å²) in [5, 5.41) is 19.6. The fourth-order valence-electron chi connectivity index (χ4n) is 3.66. The number of carbonyl (C=O) groups excluding carboxylic acids is 1. The number of nitriles is 1. The van der Waals surface area contributed by atoms with E-state index in [0.29, 0.717) is 16.8 Å². The molecule has 0 spiro atoms. The number of carbonyl (C=O) groups is 1. The summed E-state index contributed by atoms with van der Waals surface area (Å²) in [6.45, 7) is 0. The van der Waals surface area contributed by atoms with E-state index in [0.717, 1.165) is 33.7 Å². The predicted molar refractivity (Wildman–Crippen MR) is 138 cm³/mol. The Bertz CT molecular complexity index is 1540. The van der Waals surface area contributed by atoms with Gasteiger partial charge in [0.25, 0.3) is 5.91 Å². The number of nitrogens with one attached hydrogen (secondary N) is 3. The lowest BCUT2D eigenvalue weighted by Gasteiger charge is -2.11. The molecular weight excluding hydrogens is 436 g/mol. The SMILES string of the molecule is N#Cc1ccc2nccc(Nc3ccc(NC(=O)c4cccc(Nc5ccncc5)c4)cc3)c2c1. The zero-order valence-corrected chi connectivity index (χ0v) is 18.6. The Morgan fingerprint density at radius 3 is 2.31 bits per heavy atom. The Morgan fingerprint density at radius 2 is 1.51 bits per heavy atom. The summed E-state index contributed by atoms with van der Waals surface area (Å²) < 4.78 is 0. The van der Waals surface area contributed by atoms with Crippen molar-refractivity contribution in [3.05, 3.63) is 115 Å². The first kappa shape index (κ1) is 21.6. The first-order valence-electron chi connectivity index (χ1n) is 10.9. The fourth-order valence-corrected chi connectivity index (χ4v) is 3.66. The fraction of sp³-hybridized carbons (Fsp3) is 0. The molecule has 5 rings (SSSR count). The molecule has 0 atom stereocenters. The lowest BCUT2D eigenvalue weighted by molar-refractivity contribution is 0.102. The Morgan fingerprint density at radius 1 is 0.743 bits per heavy atom. The Hall–Kier alpha value is -5.22. The van der Waals surface area contributed by atoms with Crippen molar-refractivity contribution in [1.82, 2.24) is 9.97 Å². The highest BCUT2D eigenvalue weighted by atomic mass is 16.1. The van der Waals surface area contributed by atoms with Crippen molar-refractivity contribution in [2.24, 2.45) is 0 Å². The lowest BCUT2D eigenvalue weighted by atomic mass is 10.1. The van der Waals surface area contributed by atoms with Crippen molar-refractivity contribution in [1.29, 1.82) is 5.26 Å². The normalized spacial score (nSPS) is 10.4. The molecule has 3 aromatic carbocycles. The zero-order chi connectivity index (χ0) is 24.0. The van der Waals surface area contributed by atoms with Gasteiger partial charge in [0.05, 0.1) is 17.1 Å². The summed E-state index contributed by atoms with van der Waals surface area (Å²) in [6.07, 6.45) is 5.14. The molecule has 3 N–H and O–H groups in total. The summed E-state index contributed by atoms with van der Waals surface area (Å²) in [5.74, 6) is -0.201. The molecule has 1 amide bonds. The second kappa shape index (κ2) is 9.73. The molecule has 35 heavy (non-hydrogen) atoms. The summed E-state index contributed by atoms with van der Waals surface area (Å²) in [6, 6.07) is 27.9. The van der Waals surface area contributed by atoms with Gasteiger partial charge in [0.1, 0.15) is 0 Å². The number of aromatic nitrogens is 2. The third kappa shape index (κ3) is 5.07. The molecule has 0 radical (unpaired) electrons. The number of nitrogens with zero attached hydrogens (tertiary/aromatic N) is 3. The van der Waals surface area contributed by atoms with Crippen molar-refractivity contribution in [2.75, 3.05) is 16.0 Å². The van der Waals surface area contributed by atoms with E-state index in [-0.39, 0.29) is 5.91 Å². The van der Waals surface area contributed by atoms with Gasteiger partial charge in [-0.15, -0.1) is 0 Å². The molecule has 0 aliphatic heterocycles. The maximum Gasteiger partial charge on any atom is 0.255 e. The third-order valence-corrected chi connectivity index (χ3v) is 5.39. The van der Waals surface area contributed by atoms with Gasteiger partial charge in [0.15, 0.2) is 0 Å². The third-order valence-electron chi connectivity index (χ3n) is 5.39. The number of hydrogen-bond acceptors (Lipinski definition) is 6. The first-order chi connectivity index (χ1) is 17.2. The minimum atomic E-state index is -0.201. The topological polar surface area (TPSA) is 103 Å². The van der Waals surface area contributed by atoms with Crippen LogP contribution in [0.1, 0.15) is 15.9 Å². The van der Waals surface area contributed by atoms with Crippen molar-refractivity contribution in [2.45, 2.75) is 0 Å². The van der Waals surface area contributed by atoms with Gasteiger partial charge in [-0.2, -0.15) is 5.26 Å². The van der Waals surface area contributed by atoms with Crippen LogP contribution < -0.4 is 16.0 Å². The number of benzene rings is 3. The minimum Gasteiger partial charge on any atom is -0.355 e. The number of rotatable bonds is 6. The molecule has 2 heterocycles. The standard InChI is InChI=1S/C28H20N6O/c29-18-19-4-9-26-25(16-19)27(12-15-31-26)33-21-5-7-22(8-6-21)34-28(35)20-2-1-3-24(17-20)32-23-10-13-30-14-11-23/h1-17H,(H,30,32)(H,31,33)(H,34,35). The maximum atomic E-state index is 12.8. The predicted octanol–water partition coefficient (Wildman–Crippen LogP) is 6.24. The Labute approximate surface area is 202 Å². The molecule has 0 saturated heterocycles. The highest BCUT2D eigenvalue weighted by molar-refractivity contribution is 6.05. The maximum absolute atomic E-state index is 12.8. The van der Waals surface area contributed by atoms with Crippen molar-refractivity contribution >= 4 is 45.2 Å². The van der Waals surface area contributed by atoms with Crippen molar-refractivity contribution in [3.8, 4) is 6.07 Å². The van der Waals surface area contributed by atoms with Gasteiger partial charge >= 0.3 is 0 Å². The van der Waals surface area contributed by atoms with E-state index in [9.17, 15) is 10.1 Å². The average molecular weight is 457 g/mol. The Balaban J connectivity index is 1.28. The van der Waals surface area contributed by atoms with Crippen LogP contribution in [0.5, 0.6) is 0 Å². The van der Waals surface area contributed by atoms with Crippen molar-refractivity contribution < 1.29 is 4.79 Å². The molecule has 0 aliphatic rings. The van der Waals surface area contributed by atoms with Gasteiger partial charge in [-0.05, 0) is 78.9 Å². The van der Waals surface area contributed by atoms with Gasteiger partial charge in [0, 0.05) is 58.0 Å². The molecule has 5 aromatic rings. The molecule has 7 heteroatoms. The molecule has 0 saturated carbocycles. The largest absolute Gasteiger partial charge is 0.355 e. The van der Waals surface area contributed by atoms with Crippen LogP contribution in [-0.4, -0.2) is 15.9 Å². The van der Waals surface area contributed by atoms with E-state index in [2.05, 4.69) is 32.0 Å². The highest BCUT2D eigenvalue weighted by Gasteiger charge is 2.08. The van der Waals surface area contributed by atoms with Gasteiger partial charge in [-0.25, -0.2) is 0 Å². The summed E-state index contributed by atoms with van der Waals surface area (Å²) in [5.41, 5.74) is 6.01. The van der Waals surface area contributed by atoms with E-state index >= 15 is 0 Å². The highest BCUT2D eigenvalue weighted by Crippen LogP contribution is 2.27. The number of pyridine rings is 2. The van der Waals surface area contributed by atoms with Gasteiger partial charge < -0.3 is 16.0 Å². The quantitative estimate of drug-likeness (QED) is 0.279. The lowest BCUT2D eigenvalue weighted by Crippen LogP contribution is -2.12. The first-order valence-corrected chi connectivity index (χ1v) is 10.9. The zero-order valence-electron chi connectivity index (χ0n) is 18.6. The van der Waals surface area contributed by atoms with Crippen LogP contribution >= 0.6 is 0 Å². The minimum absolute atomic E-state index is 0.201. The Kier molecular flexibility index (Phi) is 6.01. The van der Waals surface area contributed by atoms with Crippen LogP contribution in [0.2, 0.25) is 0 Å². The molecule has 0 unspecified atom stereocenters. The van der Waals surface area contributed by atoms with Gasteiger partial charge in [0.2, 0.25) is 0 Å². The van der Waals surface area contributed by atoms with Crippen LogP contribution in [0.4, 0.5) is 28.4 Å². The number of hydrogen-bond donors (Lipinski definition) is 3. The van der Waals surface area contributed by atoms with Crippen LogP contribution in [0.3, 0.4) is 0 Å². The average Bonchev–Trinajstić information content (AvgIpc) is 2.90. The molecule has 2 aromatic heterocycles. The van der Waals surface area contributed by atoms with E-state index < -0.39 is 0 Å². The van der Waals surface area contributed by atoms with E-state index in [1.807, 2.05) is 66.7 Å². The number of amides is 1. The summed E-state index contributed by atoms with van der Waals surface area (Å²) in [7, 11) is 0. The van der Waals surface area contributed by atoms with Crippen LogP contribution in [0.25, 0.3) is 10.9 Å². The van der Waals surface area contributed by atoms with Crippen LogP contribution in [0.15, 0.2) is 104 Å². The van der Waals surface area contributed by atoms with Gasteiger partial charge in [-0.3, -0.25) is 14.8 Å².